The number of ether oxygens (including phenoxy) is 5. The van der Waals surface area contributed by atoms with Crippen LogP contribution in [0.25, 0.3) is 0 Å². The van der Waals surface area contributed by atoms with Gasteiger partial charge >= 0.3 is 12.1 Å². The summed E-state index contributed by atoms with van der Waals surface area (Å²) in [6.45, 7) is 8.79. The van der Waals surface area contributed by atoms with Crippen molar-refractivity contribution < 1.29 is 53.1 Å². The number of phenolic OH excluding ortho intramolecular Hbond substituents is 1. The second kappa shape index (κ2) is 15.4. The zero-order chi connectivity index (χ0) is 37.1. The highest BCUT2D eigenvalue weighted by atomic mass is 16.7. The van der Waals surface area contributed by atoms with Crippen LogP contribution in [0.1, 0.15) is 65.9 Å². The topological polar surface area (TPSA) is 177 Å². The lowest BCUT2D eigenvalue weighted by Crippen LogP contribution is -2.63. The summed E-state index contributed by atoms with van der Waals surface area (Å²) < 4.78 is 28.9. The number of aromatic hydroxyl groups is 1. The molecule has 3 aliphatic heterocycles. The molecule has 14 nitrogen and oxygen atoms in total. The van der Waals surface area contributed by atoms with Gasteiger partial charge in [0.15, 0.2) is 17.2 Å². The highest BCUT2D eigenvalue weighted by molar-refractivity contribution is 5.95. The molecule has 8 atom stereocenters. The number of phenols is 1. The normalized spacial score (nSPS) is 32.3. The summed E-state index contributed by atoms with van der Waals surface area (Å²) in [4.78, 5) is 55.5. The minimum absolute atomic E-state index is 0.0558. The van der Waals surface area contributed by atoms with Crippen LogP contribution in [-0.4, -0.2) is 109 Å². The maximum atomic E-state index is 14.0. The van der Waals surface area contributed by atoms with Crippen molar-refractivity contribution in [2.45, 2.75) is 109 Å². The molecule has 14 heteroatoms. The Morgan fingerprint density at radius 3 is 2.58 bits per heavy atom. The van der Waals surface area contributed by atoms with E-state index in [1.165, 1.54) is 38.1 Å². The Kier molecular flexibility index (Phi) is 11.9. The number of fused-ring (bicyclic) bond motifs is 5. The fraction of sp³-hybridized carbons (Fsp3) is 0.611. The van der Waals surface area contributed by atoms with E-state index in [1.807, 2.05) is 19.9 Å². The van der Waals surface area contributed by atoms with E-state index in [0.29, 0.717) is 12.8 Å². The van der Waals surface area contributed by atoms with Crippen molar-refractivity contribution in [3.05, 3.63) is 41.5 Å². The van der Waals surface area contributed by atoms with Crippen LogP contribution in [0.15, 0.2) is 35.9 Å². The average molecular weight is 702 g/mol. The van der Waals surface area contributed by atoms with Crippen LogP contribution in [0, 0.1) is 5.92 Å². The molecule has 1 aromatic rings. The molecule has 3 heterocycles. The SMILES string of the molecule is CCCC(=O)N(C)[C@@H](C)C(=O)O[C@H]1CC(=O)N(C)c2cc(cc(OC)c2O)C/C(C)=C/C=C/[C@@H](OC)[C@@]2(O)C[C@H](OC(=O)N2)[C@@H](C)C2O[C@@]21C. The fourth-order valence-corrected chi connectivity index (χ4v) is 6.64. The number of carbonyl (C=O) groups is 4. The quantitative estimate of drug-likeness (QED) is 0.281. The van der Waals surface area contributed by atoms with E-state index in [9.17, 15) is 29.4 Å². The summed E-state index contributed by atoms with van der Waals surface area (Å²) in [5.74, 6) is -2.07. The van der Waals surface area contributed by atoms with Gasteiger partial charge in [-0.15, -0.1) is 0 Å². The molecule has 4 rings (SSSR count). The summed E-state index contributed by atoms with van der Waals surface area (Å²) >= 11 is 0. The molecule has 2 saturated heterocycles. The van der Waals surface area contributed by atoms with Crippen molar-refractivity contribution in [1.82, 2.24) is 10.2 Å². The Morgan fingerprint density at radius 2 is 1.94 bits per heavy atom. The number of rotatable bonds is 7. The number of hydrogen-bond acceptors (Lipinski definition) is 11. The number of nitrogens with one attached hydrogen (secondary N) is 1. The molecule has 0 radical (unpaired) electrons. The number of likely N-dealkylation sites (N-methyl/N-ethyl adjacent to an activating group) is 1. The summed E-state index contributed by atoms with van der Waals surface area (Å²) in [6, 6.07) is 2.39. The Morgan fingerprint density at radius 1 is 1.24 bits per heavy atom. The molecule has 3 aliphatic rings. The van der Waals surface area contributed by atoms with Crippen molar-refractivity contribution in [2.75, 3.05) is 33.2 Å². The fourth-order valence-electron chi connectivity index (χ4n) is 6.64. The summed E-state index contributed by atoms with van der Waals surface area (Å²) in [5.41, 5.74) is -1.24. The number of anilines is 1. The Bertz CT molecular complexity index is 1530. The number of amides is 3. The standard InChI is InChI=1S/C36H51N3O11/c1-10-12-29(40)38(6)22(4)33(43)49-28-18-30(41)39(7)24-16-23(17-25(46-8)31(24)42)15-20(2)13-11-14-27(47-9)36(45)19-26(48-34(44)37-36)21(3)32-35(28,5)50-32/h11,13-14,16-17,21-22,26-28,32,42,45H,10,12,15,18-19H2,1-9H3,(H,37,44)/b14-11+,20-13+/t21-,22+,26+,27-,28+,32?,35-,36+/m1/s1. The minimum Gasteiger partial charge on any atom is -0.503 e. The largest absolute Gasteiger partial charge is 0.503 e. The monoisotopic (exact) mass is 701 g/mol. The molecule has 2 fully saturated rings. The zero-order valence-corrected chi connectivity index (χ0v) is 30.3. The molecule has 0 aliphatic carbocycles. The average Bonchev–Trinajstić information content (AvgIpc) is 3.76. The van der Waals surface area contributed by atoms with Crippen molar-refractivity contribution in [3.8, 4) is 11.5 Å². The van der Waals surface area contributed by atoms with E-state index >= 15 is 0 Å². The van der Waals surface area contributed by atoms with E-state index in [0.717, 1.165) is 11.1 Å². The van der Waals surface area contributed by atoms with Gasteiger partial charge in [-0.1, -0.05) is 37.6 Å². The lowest BCUT2D eigenvalue weighted by Gasteiger charge is -2.42. The minimum atomic E-state index is -1.83. The van der Waals surface area contributed by atoms with Gasteiger partial charge in [-0.25, -0.2) is 9.59 Å². The lowest BCUT2D eigenvalue weighted by molar-refractivity contribution is -0.162. The van der Waals surface area contributed by atoms with E-state index < -0.39 is 65.7 Å². The molecule has 4 bridgehead atoms. The van der Waals surface area contributed by atoms with Crippen LogP contribution in [0.5, 0.6) is 11.5 Å². The first-order valence-corrected chi connectivity index (χ1v) is 16.9. The molecule has 3 N–H and O–H groups in total. The second-order valence-electron chi connectivity index (χ2n) is 13.7. The number of allylic oxidation sites excluding steroid dienone is 3. The highest BCUT2D eigenvalue weighted by Gasteiger charge is 2.64. The summed E-state index contributed by atoms with van der Waals surface area (Å²) in [7, 11) is 5.86. The molecule has 0 spiro atoms. The molecule has 0 aromatic heterocycles. The van der Waals surface area contributed by atoms with E-state index in [4.69, 9.17) is 23.7 Å². The number of nitrogens with zero attached hydrogens (tertiary/aromatic N) is 2. The number of aliphatic hydroxyl groups is 1. The Labute approximate surface area is 293 Å². The van der Waals surface area contributed by atoms with E-state index in [1.54, 1.807) is 45.1 Å². The van der Waals surface area contributed by atoms with Gasteiger partial charge in [0.25, 0.3) is 0 Å². The number of esters is 1. The number of benzene rings is 1. The van der Waals surface area contributed by atoms with Crippen molar-refractivity contribution >= 4 is 29.6 Å². The van der Waals surface area contributed by atoms with Crippen LogP contribution in [-0.2, 0) is 39.8 Å². The van der Waals surface area contributed by atoms with Crippen molar-refractivity contribution in [2.24, 2.45) is 5.92 Å². The van der Waals surface area contributed by atoms with Gasteiger partial charge in [0.05, 0.1) is 25.3 Å². The smallest absolute Gasteiger partial charge is 0.409 e. The molecule has 50 heavy (non-hydrogen) atoms. The van der Waals surface area contributed by atoms with Crippen LogP contribution in [0.3, 0.4) is 0 Å². The summed E-state index contributed by atoms with van der Waals surface area (Å²) in [6.07, 6.45) is 1.60. The van der Waals surface area contributed by atoms with E-state index in [-0.39, 0.29) is 42.4 Å². The van der Waals surface area contributed by atoms with Gasteiger partial charge in [0.2, 0.25) is 11.8 Å². The molecular formula is C36H51N3O11. The van der Waals surface area contributed by atoms with Gasteiger partial charge in [0.1, 0.15) is 30.0 Å². The number of epoxide rings is 1. The predicted molar refractivity (Wildman–Crippen MR) is 183 cm³/mol. The van der Waals surface area contributed by atoms with Gasteiger partial charge < -0.3 is 43.7 Å². The lowest BCUT2D eigenvalue weighted by atomic mass is 9.83. The van der Waals surface area contributed by atoms with Gasteiger partial charge in [0, 0.05) is 40.0 Å². The van der Waals surface area contributed by atoms with Crippen LogP contribution in [0.2, 0.25) is 0 Å². The molecular weight excluding hydrogens is 650 g/mol. The third-order valence-electron chi connectivity index (χ3n) is 10.0. The first kappa shape index (κ1) is 38.7. The highest BCUT2D eigenvalue weighted by Crippen LogP contribution is 2.49. The molecule has 276 valence electrons. The predicted octanol–water partition coefficient (Wildman–Crippen LogP) is 3.37. The molecule has 1 unspecified atom stereocenters. The van der Waals surface area contributed by atoms with Crippen LogP contribution in [0.4, 0.5) is 10.5 Å². The first-order chi connectivity index (χ1) is 23.5. The summed E-state index contributed by atoms with van der Waals surface area (Å²) in [5, 5.41) is 25.3. The van der Waals surface area contributed by atoms with Crippen molar-refractivity contribution in [3.63, 3.8) is 0 Å². The maximum Gasteiger partial charge on any atom is 0.409 e. The number of carbonyl (C=O) groups excluding carboxylic acids is 4. The van der Waals surface area contributed by atoms with Gasteiger partial charge in [-0.05, 0) is 51.3 Å². The molecule has 3 amide bonds. The molecule has 1 aromatic carbocycles. The number of alkyl carbamates (subject to hydrolysis) is 1. The van der Waals surface area contributed by atoms with E-state index in [2.05, 4.69) is 5.32 Å². The first-order valence-electron chi connectivity index (χ1n) is 16.9. The second-order valence-corrected chi connectivity index (χ2v) is 13.7. The number of hydrogen-bond donors (Lipinski definition) is 3. The zero-order valence-electron chi connectivity index (χ0n) is 30.3. The Hall–Kier alpha value is -4.14. The van der Waals surface area contributed by atoms with Crippen LogP contribution >= 0.6 is 0 Å². The molecule has 0 saturated carbocycles. The Balaban J connectivity index is 1.78. The van der Waals surface area contributed by atoms with Crippen molar-refractivity contribution in [1.29, 1.82) is 0 Å². The number of methoxy groups -OCH3 is 2. The van der Waals surface area contributed by atoms with Gasteiger partial charge in [-0.2, -0.15) is 0 Å². The third-order valence-corrected chi connectivity index (χ3v) is 10.0. The maximum absolute atomic E-state index is 14.0. The van der Waals surface area contributed by atoms with Gasteiger partial charge in [-0.3, -0.25) is 14.9 Å². The van der Waals surface area contributed by atoms with Crippen LogP contribution < -0.4 is 15.0 Å². The third kappa shape index (κ3) is 8.08.